The van der Waals surface area contributed by atoms with Gasteiger partial charge in [0.05, 0.1) is 5.69 Å². The lowest BCUT2D eigenvalue weighted by Crippen LogP contribution is -2.43. The van der Waals surface area contributed by atoms with Crippen molar-refractivity contribution in [1.29, 1.82) is 0 Å². The lowest BCUT2D eigenvalue weighted by atomic mass is 10.1. The Morgan fingerprint density at radius 1 is 1.06 bits per heavy atom. The molecule has 0 spiro atoms. The fraction of sp³-hybridized carbons (Fsp3) is 0.250. The number of nitrogens with one attached hydrogen (secondary N) is 1. The molecule has 0 bridgehead atoms. The second-order valence-electron chi connectivity index (χ2n) is 7.09. The molecule has 3 heterocycles. The van der Waals surface area contributed by atoms with Gasteiger partial charge in [-0.15, -0.1) is 0 Å². The molecular formula is C20H16FN5O5. The van der Waals surface area contributed by atoms with Crippen molar-refractivity contribution in [3.05, 3.63) is 48.3 Å². The van der Waals surface area contributed by atoms with Crippen molar-refractivity contribution >= 4 is 29.1 Å². The number of halogens is 1. The smallest absolute Gasteiger partial charge is 0.263 e. The van der Waals surface area contributed by atoms with Crippen LogP contribution in [0.4, 0.5) is 15.8 Å². The molecule has 2 atom stereocenters. The van der Waals surface area contributed by atoms with Crippen LogP contribution < -0.4 is 19.7 Å². The first-order valence-corrected chi connectivity index (χ1v) is 9.51. The number of carbonyl (C=O) groups is 3. The summed E-state index contributed by atoms with van der Waals surface area (Å²) in [6, 6.07) is 7.92. The summed E-state index contributed by atoms with van der Waals surface area (Å²) in [6.45, 7) is 0.598. The molecule has 3 aliphatic heterocycles. The van der Waals surface area contributed by atoms with Gasteiger partial charge < -0.3 is 14.8 Å². The lowest BCUT2D eigenvalue weighted by Gasteiger charge is -2.21. The SMILES string of the molecule is O=C(CN1N=N[C@H]2C(=O)N(c3ccc(F)cc3)C(=O)[C@H]21)Nc1ccc2c(c1)OCCO2. The number of ether oxygens (including phenoxy) is 2. The maximum absolute atomic E-state index is 13.2. The van der Waals surface area contributed by atoms with Crippen LogP contribution in [0.15, 0.2) is 52.8 Å². The number of benzene rings is 2. The summed E-state index contributed by atoms with van der Waals surface area (Å²) in [6.07, 6.45) is 0. The molecule has 1 saturated heterocycles. The Kier molecular flexibility index (Phi) is 4.50. The van der Waals surface area contributed by atoms with E-state index in [1.807, 2.05) is 0 Å². The van der Waals surface area contributed by atoms with Gasteiger partial charge in [-0.3, -0.25) is 19.4 Å². The maximum atomic E-state index is 13.2. The van der Waals surface area contributed by atoms with Crippen LogP contribution in [0.1, 0.15) is 0 Å². The number of anilines is 2. The monoisotopic (exact) mass is 425 g/mol. The minimum Gasteiger partial charge on any atom is -0.486 e. The van der Waals surface area contributed by atoms with E-state index < -0.39 is 35.6 Å². The summed E-state index contributed by atoms with van der Waals surface area (Å²) in [5.41, 5.74) is 0.727. The third-order valence-electron chi connectivity index (χ3n) is 5.07. The molecule has 0 aliphatic carbocycles. The molecule has 31 heavy (non-hydrogen) atoms. The highest BCUT2D eigenvalue weighted by Crippen LogP contribution is 2.33. The Labute approximate surface area is 175 Å². The molecule has 0 unspecified atom stereocenters. The van der Waals surface area contributed by atoms with E-state index in [-0.39, 0.29) is 12.2 Å². The topological polar surface area (TPSA) is 113 Å². The number of rotatable bonds is 4. The zero-order valence-corrected chi connectivity index (χ0v) is 16.0. The quantitative estimate of drug-likeness (QED) is 0.744. The highest BCUT2D eigenvalue weighted by atomic mass is 19.1. The van der Waals surface area contributed by atoms with Crippen LogP contribution in [-0.4, -0.2) is 54.6 Å². The van der Waals surface area contributed by atoms with E-state index in [9.17, 15) is 18.8 Å². The highest BCUT2D eigenvalue weighted by Gasteiger charge is 2.55. The fourth-order valence-corrected chi connectivity index (χ4v) is 3.67. The zero-order chi connectivity index (χ0) is 21.5. The summed E-state index contributed by atoms with van der Waals surface area (Å²) in [4.78, 5) is 39.0. The van der Waals surface area contributed by atoms with Gasteiger partial charge in [0.2, 0.25) is 5.91 Å². The van der Waals surface area contributed by atoms with Crippen LogP contribution >= 0.6 is 0 Å². The van der Waals surface area contributed by atoms with Crippen LogP contribution in [-0.2, 0) is 14.4 Å². The molecule has 1 N–H and O–H groups in total. The minimum atomic E-state index is -1.04. The van der Waals surface area contributed by atoms with Gasteiger partial charge in [-0.1, -0.05) is 5.22 Å². The Morgan fingerprint density at radius 2 is 1.81 bits per heavy atom. The van der Waals surface area contributed by atoms with Crippen molar-refractivity contribution in [1.82, 2.24) is 5.01 Å². The lowest BCUT2D eigenvalue weighted by molar-refractivity contribution is -0.123. The molecular weight excluding hydrogens is 409 g/mol. The van der Waals surface area contributed by atoms with Crippen molar-refractivity contribution in [2.75, 3.05) is 30.0 Å². The maximum Gasteiger partial charge on any atom is 0.263 e. The van der Waals surface area contributed by atoms with Gasteiger partial charge in [0.15, 0.2) is 23.6 Å². The van der Waals surface area contributed by atoms with Crippen molar-refractivity contribution < 1.29 is 28.2 Å². The van der Waals surface area contributed by atoms with Gasteiger partial charge in [0.25, 0.3) is 11.8 Å². The molecule has 1 fully saturated rings. The van der Waals surface area contributed by atoms with Gasteiger partial charge in [0, 0.05) is 11.8 Å². The third kappa shape index (κ3) is 3.33. The van der Waals surface area contributed by atoms with Gasteiger partial charge in [-0.2, -0.15) is 5.11 Å². The first-order valence-electron chi connectivity index (χ1n) is 9.51. The highest BCUT2D eigenvalue weighted by molar-refractivity contribution is 6.25. The van der Waals surface area contributed by atoms with Crippen molar-refractivity contribution in [2.24, 2.45) is 10.3 Å². The molecule has 0 aromatic heterocycles. The van der Waals surface area contributed by atoms with Crippen LogP contribution in [0.2, 0.25) is 0 Å². The number of fused-ring (bicyclic) bond motifs is 2. The van der Waals surface area contributed by atoms with E-state index >= 15 is 0 Å². The van der Waals surface area contributed by atoms with Crippen LogP contribution in [0.25, 0.3) is 0 Å². The first-order chi connectivity index (χ1) is 15.0. The second kappa shape index (κ2) is 7.35. The van der Waals surface area contributed by atoms with Crippen LogP contribution in [0, 0.1) is 5.82 Å². The van der Waals surface area contributed by atoms with E-state index in [4.69, 9.17) is 9.47 Å². The normalized spacial score (nSPS) is 21.5. The van der Waals surface area contributed by atoms with Crippen LogP contribution in [0.5, 0.6) is 11.5 Å². The molecule has 158 valence electrons. The number of hydrogen-bond acceptors (Lipinski definition) is 8. The average molecular weight is 425 g/mol. The standard InChI is InChI=1S/C20H16FN5O5/c21-11-1-4-13(5-2-11)26-19(28)17-18(20(26)29)25(24-23-17)10-16(27)22-12-3-6-14-15(9-12)31-8-7-30-14/h1-6,9,17-18H,7-8,10H2,(H,22,27)/t17-,18+/m1/s1. The van der Waals surface area contributed by atoms with Gasteiger partial charge in [0.1, 0.15) is 25.6 Å². The Hall–Kier alpha value is -4.02. The second-order valence-corrected chi connectivity index (χ2v) is 7.09. The average Bonchev–Trinajstić information content (AvgIpc) is 3.28. The summed E-state index contributed by atoms with van der Waals surface area (Å²) < 4.78 is 24.1. The number of imide groups is 1. The predicted octanol–water partition coefficient (Wildman–Crippen LogP) is 1.53. The Bertz CT molecular complexity index is 1110. The predicted molar refractivity (Wildman–Crippen MR) is 104 cm³/mol. The summed E-state index contributed by atoms with van der Waals surface area (Å²) in [5, 5.41) is 11.6. The summed E-state index contributed by atoms with van der Waals surface area (Å²) in [5.74, 6) is -0.955. The molecule has 2 aromatic carbocycles. The summed E-state index contributed by atoms with van der Waals surface area (Å²) in [7, 11) is 0. The molecule has 3 amide bonds. The molecule has 11 heteroatoms. The summed E-state index contributed by atoms with van der Waals surface area (Å²) >= 11 is 0. The van der Waals surface area contributed by atoms with Crippen molar-refractivity contribution in [3.8, 4) is 11.5 Å². The zero-order valence-electron chi connectivity index (χ0n) is 16.0. The Balaban J connectivity index is 1.28. The van der Waals surface area contributed by atoms with E-state index in [0.29, 0.717) is 30.4 Å². The molecule has 2 aromatic rings. The van der Waals surface area contributed by atoms with E-state index in [1.165, 1.54) is 17.1 Å². The molecule has 5 rings (SSSR count). The number of amides is 3. The van der Waals surface area contributed by atoms with Crippen molar-refractivity contribution in [3.63, 3.8) is 0 Å². The van der Waals surface area contributed by atoms with E-state index in [1.54, 1.807) is 18.2 Å². The number of hydrogen-bond donors (Lipinski definition) is 1. The fourth-order valence-electron chi connectivity index (χ4n) is 3.67. The number of nitrogens with zero attached hydrogens (tertiary/aromatic N) is 4. The molecule has 0 saturated carbocycles. The molecule has 3 aliphatic rings. The minimum absolute atomic E-state index is 0.238. The van der Waals surface area contributed by atoms with Crippen molar-refractivity contribution in [2.45, 2.75) is 12.1 Å². The van der Waals surface area contributed by atoms with E-state index in [2.05, 4.69) is 15.7 Å². The largest absolute Gasteiger partial charge is 0.486 e. The first kappa shape index (κ1) is 19.0. The van der Waals surface area contributed by atoms with Gasteiger partial charge in [-0.25, -0.2) is 9.29 Å². The van der Waals surface area contributed by atoms with Gasteiger partial charge >= 0.3 is 0 Å². The molecule has 0 radical (unpaired) electrons. The Morgan fingerprint density at radius 3 is 2.58 bits per heavy atom. The van der Waals surface area contributed by atoms with Crippen LogP contribution in [0.3, 0.4) is 0 Å². The van der Waals surface area contributed by atoms with E-state index in [0.717, 1.165) is 17.0 Å². The molecule has 10 nitrogen and oxygen atoms in total. The number of carbonyl (C=O) groups excluding carboxylic acids is 3. The third-order valence-corrected chi connectivity index (χ3v) is 5.07. The van der Waals surface area contributed by atoms with Gasteiger partial charge in [-0.05, 0) is 36.4 Å².